The first kappa shape index (κ1) is 16.5. The molecule has 0 radical (unpaired) electrons. The van der Waals surface area contributed by atoms with Crippen LogP contribution in [0.2, 0.25) is 0 Å². The minimum atomic E-state index is -0.442. The summed E-state index contributed by atoms with van der Waals surface area (Å²) in [4.78, 5) is 22.1. The number of benzene rings is 1. The molecule has 1 amide bonds. The van der Waals surface area contributed by atoms with E-state index in [0.29, 0.717) is 22.9 Å². The first-order valence-corrected chi connectivity index (χ1v) is 7.68. The molecular weight excluding hydrogens is 276 g/mol. The number of nitro benzene ring substituents is 1. The Balaban J connectivity index is 2.50. The lowest BCUT2D eigenvalue weighted by molar-refractivity contribution is -0.385. The standard InChI is InChI=1S/C14H20N2O3S/c1-10(2)6-7-20-9-14(17)15-12-5-4-11(3)13(8-12)16(18)19/h4-5,8,10H,6-7,9H2,1-3H3,(H,15,17). The van der Waals surface area contributed by atoms with Crippen molar-refractivity contribution in [1.29, 1.82) is 0 Å². The summed E-state index contributed by atoms with van der Waals surface area (Å²) in [7, 11) is 0. The lowest BCUT2D eigenvalue weighted by Crippen LogP contribution is -2.14. The minimum absolute atomic E-state index is 0.0234. The van der Waals surface area contributed by atoms with E-state index in [4.69, 9.17) is 0 Å². The molecule has 0 aliphatic carbocycles. The van der Waals surface area contributed by atoms with E-state index in [9.17, 15) is 14.9 Å². The number of aryl methyl sites for hydroxylation is 1. The third kappa shape index (κ3) is 5.61. The van der Waals surface area contributed by atoms with Crippen LogP contribution in [0.15, 0.2) is 18.2 Å². The number of rotatable bonds is 7. The van der Waals surface area contributed by atoms with Crippen LogP contribution in [-0.2, 0) is 4.79 Å². The maximum atomic E-state index is 11.7. The van der Waals surface area contributed by atoms with Gasteiger partial charge in [0.05, 0.1) is 10.7 Å². The SMILES string of the molecule is Cc1ccc(NC(=O)CSCCC(C)C)cc1[N+](=O)[O-]. The highest BCUT2D eigenvalue weighted by Gasteiger charge is 2.12. The maximum absolute atomic E-state index is 11.7. The molecule has 0 fully saturated rings. The molecule has 0 aromatic heterocycles. The van der Waals surface area contributed by atoms with Crippen molar-refractivity contribution in [3.8, 4) is 0 Å². The Bertz CT molecular complexity index is 489. The van der Waals surface area contributed by atoms with E-state index in [-0.39, 0.29) is 11.6 Å². The Morgan fingerprint density at radius 2 is 2.15 bits per heavy atom. The van der Waals surface area contributed by atoms with Crippen LogP contribution in [0, 0.1) is 23.0 Å². The number of hydrogen-bond acceptors (Lipinski definition) is 4. The molecular formula is C14H20N2O3S. The molecule has 1 rings (SSSR count). The molecule has 1 aromatic carbocycles. The molecule has 0 heterocycles. The van der Waals surface area contributed by atoms with Gasteiger partial charge in [0, 0.05) is 17.3 Å². The van der Waals surface area contributed by atoms with E-state index < -0.39 is 4.92 Å². The minimum Gasteiger partial charge on any atom is -0.325 e. The van der Waals surface area contributed by atoms with Gasteiger partial charge < -0.3 is 5.32 Å². The van der Waals surface area contributed by atoms with Gasteiger partial charge in [-0.1, -0.05) is 19.9 Å². The van der Waals surface area contributed by atoms with E-state index in [2.05, 4.69) is 19.2 Å². The Hall–Kier alpha value is -1.56. The number of carbonyl (C=O) groups is 1. The van der Waals surface area contributed by atoms with Crippen molar-refractivity contribution >= 4 is 29.0 Å². The topological polar surface area (TPSA) is 72.2 Å². The molecule has 110 valence electrons. The zero-order valence-electron chi connectivity index (χ0n) is 12.0. The highest BCUT2D eigenvalue weighted by Crippen LogP contribution is 2.22. The van der Waals surface area contributed by atoms with Crippen molar-refractivity contribution in [2.24, 2.45) is 5.92 Å². The third-order valence-corrected chi connectivity index (χ3v) is 3.75. The Morgan fingerprint density at radius 3 is 2.75 bits per heavy atom. The summed E-state index contributed by atoms with van der Waals surface area (Å²) in [6, 6.07) is 4.71. The van der Waals surface area contributed by atoms with E-state index in [0.717, 1.165) is 12.2 Å². The van der Waals surface area contributed by atoms with Crippen LogP contribution < -0.4 is 5.32 Å². The van der Waals surface area contributed by atoms with Crippen molar-refractivity contribution in [3.05, 3.63) is 33.9 Å². The van der Waals surface area contributed by atoms with Gasteiger partial charge in [-0.25, -0.2) is 0 Å². The molecule has 6 heteroatoms. The number of hydrogen-bond donors (Lipinski definition) is 1. The lowest BCUT2D eigenvalue weighted by Gasteiger charge is -2.07. The molecule has 0 saturated carbocycles. The number of thioether (sulfide) groups is 1. The first-order valence-electron chi connectivity index (χ1n) is 6.52. The van der Waals surface area contributed by atoms with Crippen LogP contribution in [0.25, 0.3) is 0 Å². The number of amides is 1. The monoisotopic (exact) mass is 296 g/mol. The van der Waals surface area contributed by atoms with Crippen molar-refractivity contribution < 1.29 is 9.72 Å². The zero-order valence-corrected chi connectivity index (χ0v) is 12.8. The van der Waals surface area contributed by atoms with Gasteiger partial charge in [-0.05, 0) is 31.1 Å². The van der Waals surface area contributed by atoms with Gasteiger partial charge >= 0.3 is 0 Å². The highest BCUT2D eigenvalue weighted by molar-refractivity contribution is 7.99. The third-order valence-electron chi connectivity index (χ3n) is 2.76. The molecule has 0 spiro atoms. The van der Waals surface area contributed by atoms with Gasteiger partial charge in [0.15, 0.2) is 0 Å². The summed E-state index contributed by atoms with van der Waals surface area (Å²) in [6.07, 6.45) is 1.08. The molecule has 0 unspecified atom stereocenters. The number of nitrogens with one attached hydrogen (secondary N) is 1. The Kier molecular flexibility index (Phi) is 6.51. The second-order valence-electron chi connectivity index (χ2n) is 5.04. The van der Waals surface area contributed by atoms with Gasteiger partial charge in [-0.3, -0.25) is 14.9 Å². The summed E-state index contributed by atoms with van der Waals surface area (Å²) in [5.74, 6) is 1.82. The fourth-order valence-electron chi connectivity index (χ4n) is 1.56. The fourth-order valence-corrected chi connectivity index (χ4v) is 2.60. The average molecular weight is 296 g/mol. The molecule has 5 nitrogen and oxygen atoms in total. The summed E-state index contributed by atoms with van der Waals surface area (Å²) >= 11 is 1.58. The van der Waals surface area contributed by atoms with Crippen LogP contribution in [0.5, 0.6) is 0 Å². The number of nitrogens with zero attached hydrogens (tertiary/aromatic N) is 1. The Labute approximate surface area is 123 Å². The van der Waals surface area contributed by atoms with E-state index in [1.807, 2.05) is 0 Å². The van der Waals surface area contributed by atoms with Crippen LogP contribution in [0.4, 0.5) is 11.4 Å². The average Bonchev–Trinajstić information content (AvgIpc) is 2.36. The van der Waals surface area contributed by atoms with E-state index in [1.165, 1.54) is 6.07 Å². The normalized spacial score (nSPS) is 10.6. The summed E-state index contributed by atoms with van der Waals surface area (Å²) in [6.45, 7) is 5.96. The second kappa shape index (κ2) is 7.89. The predicted octanol–water partition coefficient (Wildman–Crippen LogP) is 3.62. The summed E-state index contributed by atoms with van der Waals surface area (Å²) in [5, 5.41) is 13.5. The van der Waals surface area contributed by atoms with Gasteiger partial charge in [0.1, 0.15) is 0 Å². The van der Waals surface area contributed by atoms with Crippen LogP contribution in [0.1, 0.15) is 25.8 Å². The van der Waals surface area contributed by atoms with Gasteiger partial charge in [0.25, 0.3) is 5.69 Å². The van der Waals surface area contributed by atoms with Gasteiger partial charge in [-0.15, -0.1) is 0 Å². The fraction of sp³-hybridized carbons (Fsp3) is 0.500. The van der Waals surface area contributed by atoms with Crippen molar-refractivity contribution in [2.45, 2.75) is 27.2 Å². The number of carbonyl (C=O) groups excluding carboxylic acids is 1. The number of nitro groups is 1. The van der Waals surface area contributed by atoms with Gasteiger partial charge in [0.2, 0.25) is 5.91 Å². The molecule has 0 bridgehead atoms. The number of anilines is 1. The molecule has 20 heavy (non-hydrogen) atoms. The van der Waals surface area contributed by atoms with Crippen molar-refractivity contribution in [1.82, 2.24) is 0 Å². The Morgan fingerprint density at radius 1 is 1.45 bits per heavy atom. The molecule has 1 aromatic rings. The van der Waals surface area contributed by atoms with Gasteiger partial charge in [-0.2, -0.15) is 11.8 Å². The van der Waals surface area contributed by atoms with E-state index in [1.54, 1.807) is 30.8 Å². The van der Waals surface area contributed by atoms with Crippen molar-refractivity contribution in [3.63, 3.8) is 0 Å². The second-order valence-corrected chi connectivity index (χ2v) is 6.15. The molecule has 0 aliphatic rings. The van der Waals surface area contributed by atoms with Crippen LogP contribution in [-0.4, -0.2) is 22.3 Å². The summed E-state index contributed by atoms with van der Waals surface area (Å²) in [5.41, 5.74) is 1.08. The molecule has 1 N–H and O–H groups in total. The zero-order chi connectivity index (χ0) is 15.1. The summed E-state index contributed by atoms with van der Waals surface area (Å²) < 4.78 is 0. The van der Waals surface area contributed by atoms with Crippen molar-refractivity contribution in [2.75, 3.05) is 16.8 Å². The molecule has 0 saturated heterocycles. The molecule has 0 atom stereocenters. The smallest absolute Gasteiger partial charge is 0.274 e. The largest absolute Gasteiger partial charge is 0.325 e. The lowest BCUT2D eigenvalue weighted by atomic mass is 10.2. The predicted molar refractivity (Wildman–Crippen MR) is 83.2 cm³/mol. The van der Waals surface area contributed by atoms with Crippen LogP contribution in [0.3, 0.4) is 0 Å². The highest BCUT2D eigenvalue weighted by atomic mass is 32.2. The maximum Gasteiger partial charge on any atom is 0.274 e. The quantitative estimate of drug-likeness (QED) is 0.474. The van der Waals surface area contributed by atoms with Crippen LogP contribution >= 0.6 is 11.8 Å². The van der Waals surface area contributed by atoms with E-state index >= 15 is 0 Å². The molecule has 0 aliphatic heterocycles. The first-order chi connectivity index (χ1) is 9.40.